The number of carbonyl (C=O) groups is 1. The standard InChI is InChI=1S/C22H27NO3/c1-16-11-12-20-18(14-16)19(15-22(2,3)26-20)23-21(24)10-7-13-25-17-8-5-4-6-9-17/h4-6,8-9,11-12,14,19H,7,10,13,15H2,1-3H3,(H,23,24). The van der Waals surface area contributed by atoms with Crippen molar-refractivity contribution in [2.45, 2.75) is 51.7 Å². The lowest BCUT2D eigenvalue weighted by Crippen LogP contribution is -2.41. The van der Waals surface area contributed by atoms with Crippen molar-refractivity contribution in [1.29, 1.82) is 0 Å². The summed E-state index contributed by atoms with van der Waals surface area (Å²) < 4.78 is 11.7. The molecule has 0 radical (unpaired) electrons. The quantitative estimate of drug-likeness (QED) is 0.774. The molecule has 0 aromatic heterocycles. The first kappa shape index (κ1) is 18.3. The molecule has 1 unspecified atom stereocenters. The van der Waals surface area contributed by atoms with E-state index < -0.39 is 0 Å². The fourth-order valence-electron chi connectivity index (χ4n) is 3.31. The molecule has 1 aliphatic heterocycles. The lowest BCUT2D eigenvalue weighted by Gasteiger charge is -2.38. The fraction of sp³-hybridized carbons (Fsp3) is 0.409. The van der Waals surface area contributed by atoms with Crippen molar-refractivity contribution >= 4 is 5.91 Å². The summed E-state index contributed by atoms with van der Waals surface area (Å²) in [6.45, 7) is 6.71. The van der Waals surface area contributed by atoms with Crippen LogP contribution in [-0.2, 0) is 4.79 Å². The Labute approximate surface area is 155 Å². The van der Waals surface area contributed by atoms with Crippen LogP contribution in [0.4, 0.5) is 0 Å². The van der Waals surface area contributed by atoms with E-state index in [0.717, 1.165) is 23.5 Å². The number of benzene rings is 2. The largest absolute Gasteiger partial charge is 0.494 e. The van der Waals surface area contributed by atoms with Crippen LogP contribution in [0.2, 0.25) is 0 Å². The number of para-hydroxylation sites is 1. The van der Waals surface area contributed by atoms with Gasteiger partial charge < -0.3 is 14.8 Å². The molecule has 138 valence electrons. The summed E-state index contributed by atoms with van der Waals surface area (Å²) in [6, 6.07) is 15.8. The molecule has 0 aliphatic carbocycles. The number of aryl methyl sites for hydroxylation is 1. The predicted octanol–water partition coefficient (Wildman–Crippen LogP) is 4.57. The second-order valence-corrected chi connectivity index (χ2v) is 7.49. The van der Waals surface area contributed by atoms with Gasteiger partial charge in [-0.1, -0.05) is 35.9 Å². The average Bonchev–Trinajstić information content (AvgIpc) is 2.60. The van der Waals surface area contributed by atoms with E-state index in [2.05, 4.69) is 32.2 Å². The van der Waals surface area contributed by atoms with Gasteiger partial charge in [-0.05, 0) is 45.4 Å². The normalized spacial score (nSPS) is 17.7. The summed E-state index contributed by atoms with van der Waals surface area (Å²) in [5, 5.41) is 3.18. The van der Waals surface area contributed by atoms with Crippen LogP contribution in [0.15, 0.2) is 48.5 Å². The molecule has 0 bridgehead atoms. The maximum Gasteiger partial charge on any atom is 0.220 e. The van der Waals surface area contributed by atoms with Crippen LogP contribution in [0.25, 0.3) is 0 Å². The maximum absolute atomic E-state index is 12.4. The Balaban J connectivity index is 1.54. The van der Waals surface area contributed by atoms with Crippen LogP contribution < -0.4 is 14.8 Å². The van der Waals surface area contributed by atoms with Crippen molar-refractivity contribution in [2.75, 3.05) is 6.61 Å². The van der Waals surface area contributed by atoms with E-state index in [1.165, 1.54) is 5.56 Å². The topological polar surface area (TPSA) is 47.6 Å². The first-order chi connectivity index (χ1) is 12.4. The van der Waals surface area contributed by atoms with Crippen molar-refractivity contribution < 1.29 is 14.3 Å². The Hall–Kier alpha value is -2.49. The first-order valence-electron chi connectivity index (χ1n) is 9.20. The van der Waals surface area contributed by atoms with Gasteiger partial charge in [0.1, 0.15) is 17.1 Å². The second-order valence-electron chi connectivity index (χ2n) is 7.49. The van der Waals surface area contributed by atoms with E-state index in [0.29, 0.717) is 19.4 Å². The highest BCUT2D eigenvalue weighted by atomic mass is 16.5. The number of carbonyl (C=O) groups excluding carboxylic acids is 1. The molecule has 1 amide bonds. The molecule has 2 aromatic carbocycles. The predicted molar refractivity (Wildman–Crippen MR) is 103 cm³/mol. The summed E-state index contributed by atoms with van der Waals surface area (Å²) in [5.41, 5.74) is 1.94. The van der Waals surface area contributed by atoms with Gasteiger partial charge in [-0.2, -0.15) is 0 Å². The van der Waals surface area contributed by atoms with Gasteiger partial charge >= 0.3 is 0 Å². The van der Waals surface area contributed by atoms with Crippen molar-refractivity contribution in [1.82, 2.24) is 5.32 Å². The van der Waals surface area contributed by atoms with E-state index in [1.54, 1.807) is 0 Å². The van der Waals surface area contributed by atoms with Crippen LogP contribution in [0, 0.1) is 6.92 Å². The average molecular weight is 353 g/mol. The van der Waals surface area contributed by atoms with Crippen LogP contribution in [0.5, 0.6) is 11.5 Å². The third kappa shape index (κ3) is 4.78. The zero-order valence-electron chi connectivity index (χ0n) is 15.7. The molecule has 0 spiro atoms. The SMILES string of the molecule is Cc1ccc2c(c1)C(NC(=O)CCCOc1ccccc1)CC(C)(C)O2. The highest BCUT2D eigenvalue weighted by Gasteiger charge is 2.34. The third-order valence-corrected chi connectivity index (χ3v) is 4.52. The van der Waals surface area contributed by atoms with Gasteiger partial charge in [0.2, 0.25) is 5.91 Å². The van der Waals surface area contributed by atoms with Gasteiger partial charge in [-0.3, -0.25) is 4.79 Å². The molecule has 3 rings (SSSR count). The molecule has 0 saturated carbocycles. The summed E-state index contributed by atoms with van der Waals surface area (Å²) in [4.78, 5) is 12.4. The lowest BCUT2D eigenvalue weighted by atomic mass is 9.89. The van der Waals surface area contributed by atoms with Crippen molar-refractivity contribution in [2.24, 2.45) is 0 Å². The minimum absolute atomic E-state index is 0.0174. The minimum atomic E-state index is -0.295. The molecule has 1 atom stereocenters. The zero-order chi connectivity index (χ0) is 18.6. The monoisotopic (exact) mass is 353 g/mol. The van der Waals surface area contributed by atoms with Crippen molar-refractivity contribution in [3.63, 3.8) is 0 Å². The Morgan fingerprint density at radius 2 is 2.00 bits per heavy atom. The van der Waals surface area contributed by atoms with E-state index >= 15 is 0 Å². The molecule has 0 saturated heterocycles. The molecule has 1 N–H and O–H groups in total. The number of hydrogen-bond acceptors (Lipinski definition) is 3. The van der Waals surface area contributed by atoms with E-state index in [-0.39, 0.29) is 17.6 Å². The van der Waals surface area contributed by atoms with Gasteiger partial charge in [-0.25, -0.2) is 0 Å². The molecule has 26 heavy (non-hydrogen) atoms. The molecule has 4 nitrogen and oxygen atoms in total. The number of rotatable bonds is 6. The summed E-state index contributed by atoms with van der Waals surface area (Å²) >= 11 is 0. The van der Waals surface area contributed by atoms with Gasteiger partial charge in [-0.15, -0.1) is 0 Å². The fourth-order valence-corrected chi connectivity index (χ4v) is 3.31. The molecule has 0 fully saturated rings. The molecule has 1 heterocycles. The summed E-state index contributed by atoms with van der Waals surface area (Å²) in [7, 11) is 0. The number of nitrogens with one attached hydrogen (secondary N) is 1. The Bertz CT molecular complexity index is 755. The molecule has 2 aromatic rings. The number of fused-ring (bicyclic) bond motifs is 1. The van der Waals surface area contributed by atoms with E-state index in [1.807, 2.05) is 42.5 Å². The highest BCUT2D eigenvalue weighted by Crippen LogP contribution is 2.39. The van der Waals surface area contributed by atoms with Gasteiger partial charge in [0, 0.05) is 18.4 Å². The van der Waals surface area contributed by atoms with Crippen LogP contribution >= 0.6 is 0 Å². The number of hydrogen-bond donors (Lipinski definition) is 1. The van der Waals surface area contributed by atoms with Gasteiger partial charge in [0.05, 0.1) is 12.6 Å². The third-order valence-electron chi connectivity index (χ3n) is 4.52. The maximum atomic E-state index is 12.4. The number of ether oxygens (including phenoxy) is 2. The molecule has 4 heteroatoms. The second kappa shape index (κ2) is 7.81. The Kier molecular flexibility index (Phi) is 5.50. The van der Waals surface area contributed by atoms with Crippen LogP contribution in [0.1, 0.15) is 50.3 Å². The minimum Gasteiger partial charge on any atom is -0.494 e. The summed E-state index contributed by atoms with van der Waals surface area (Å²) in [5.74, 6) is 1.75. The highest BCUT2D eigenvalue weighted by molar-refractivity contribution is 5.76. The number of amides is 1. The molecule has 1 aliphatic rings. The van der Waals surface area contributed by atoms with Crippen molar-refractivity contribution in [3.05, 3.63) is 59.7 Å². The Morgan fingerprint density at radius 1 is 1.23 bits per heavy atom. The first-order valence-corrected chi connectivity index (χ1v) is 9.20. The van der Waals surface area contributed by atoms with Crippen LogP contribution in [-0.4, -0.2) is 18.1 Å². The molecular formula is C22H27NO3. The van der Waals surface area contributed by atoms with E-state index in [9.17, 15) is 4.79 Å². The van der Waals surface area contributed by atoms with Gasteiger partial charge in [0.15, 0.2) is 0 Å². The molecular weight excluding hydrogens is 326 g/mol. The van der Waals surface area contributed by atoms with E-state index in [4.69, 9.17) is 9.47 Å². The Morgan fingerprint density at radius 3 is 2.77 bits per heavy atom. The van der Waals surface area contributed by atoms with Crippen molar-refractivity contribution in [3.8, 4) is 11.5 Å². The zero-order valence-corrected chi connectivity index (χ0v) is 15.7. The van der Waals surface area contributed by atoms with Crippen LogP contribution in [0.3, 0.4) is 0 Å². The van der Waals surface area contributed by atoms with Gasteiger partial charge in [0.25, 0.3) is 0 Å². The smallest absolute Gasteiger partial charge is 0.220 e. The summed E-state index contributed by atoms with van der Waals surface area (Å²) in [6.07, 6.45) is 1.90. The lowest BCUT2D eigenvalue weighted by molar-refractivity contribution is -0.122.